The molecule has 0 saturated carbocycles. The summed E-state index contributed by atoms with van der Waals surface area (Å²) in [4.78, 5) is 59.9. The maximum Gasteiger partial charge on any atom is 0.343 e. The van der Waals surface area contributed by atoms with E-state index in [4.69, 9.17) is 5.11 Å². The van der Waals surface area contributed by atoms with Gasteiger partial charge in [0, 0.05) is 0 Å². The van der Waals surface area contributed by atoms with Crippen LogP contribution in [-0.4, -0.2) is 52.5 Å². The fourth-order valence-corrected chi connectivity index (χ4v) is 4.82. The highest BCUT2D eigenvalue weighted by atomic mass is 31.2. The average Bonchev–Trinajstić information content (AvgIpc) is 2.29. The fraction of sp³-hybridized carbons (Fsp3) is 0.800. The molecule has 0 saturated heterocycles. The van der Waals surface area contributed by atoms with Crippen LogP contribution >= 0.6 is 15.2 Å². The lowest BCUT2D eigenvalue weighted by Gasteiger charge is -2.36. The van der Waals surface area contributed by atoms with Crippen LogP contribution in [0.15, 0.2) is 0 Å². The van der Waals surface area contributed by atoms with Gasteiger partial charge in [0.25, 0.3) is 0 Å². The van der Waals surface area contributed by atoms with E-state index < -0.39 is 50.3 Å². The second-order valence-electron chi connectivity index (χ2n) is 5.07. The second kappa shape index (κ2) is 7.21. The number of carboxylic acids is 2. The Bertz CT molecular complexity index is 520. The lowest BCUT2D eigenvalue weighted by atomic mass is 9.87. The van der Waals surface area contributed by atoms with Crippen molar-refractivity contribution in [1.29, 1.82) is 0 Å². The Morgan fingerprint density at radius 1 is 1.09 bits per heavy atom. The van der Waals surface area contributed by atoms with Crippen LogP contribution in [0.5, 0.6) is 0 Å². The van der Waals surface area contributed by atoms with Crippen LogP contribution in [0.3, 0.4) is 0 Å². The monoisotopic (exact) mass is 362 g/mol. The van der Waals surface area contributed by atoms with Crippen LogP contribution in [-0.2, 0) is 18.7 Å². The summed E-state index contributed by atoms with van der Waals surface area (Å²) in [5.74, 6) is -5.94. The molecule has 0 fully saturated rings. The third-order valence-electron chi connectivity index (χ3n) is 3.62. The minimum Gasteiger partial charge on any atom is -0.481 e. The van der Waals surface area contributed by atoms with Crippen LogP contribution < -0.4 is 0 Å². The van der Waals surface area contributed by atoms with E-state index in [1.54, 1.807) is 6.92 Å². The number of rotatable bonds is 9. The van der Waals surface area contributed by atoms with Crippen LogP contribution in [0.4, 0.5) is 0 Å². The standard InChI is InChI=1S/C10H20O10P2/c1-3-4-7(21(15,16)17)5-10(9(13)14,22(18,19)20)6(2)8(11)12/h6-7H,3-5H2,1-2H3,(H,11,12)(H,13,14)(H2,15,16,17)(H2,18,19,20). The maximum absolute atomic E-state index is 11.7. The topological polar surface area (TPSA) is 190 Å². The van der Waals surface area contributed by atoms with E-state index >= 15 is 0 Å². The number of hydrogen-bond donors (Lipinski definition) is 6. The van der Waals surface area contributed by atoms with Gasteiger partial charge >= 0.3 is 27.1 Å². The Kier molecular flexibility index (Phi) is 6.96. The SMILES string of the molecule is CCCC(CC(C(=O)O)(C(C)C(=O)O)P(=O)(O)O)P(=O)(O)O. The molecule has 0 spiro atoms. The predicted molar refractivity (Wildman–Crippen MR) is 74.6 cm³/mol. The van der Waals surface area contributed by atoms with Gasteiger partial charge in [0.05, 0.1) is 11.6 Å². The Labute approximate surface area is 126 Å². The van der Waals surface area contributed by atoms with Gasteiger partial charge in [0.1, 0.15) is 0 Å². The number of carbonyl (C=O) groups is 2. The zero-order valence-electron chi connectivity index (χ0n) is 12.0. The summed E-state index contributed by atoms with van der Waals surface area (Å²) in [5, 5.41) is 15.1. The Balaban J connectivity index is 6.19. The molecule has 0 aliphatic heterocycles. The molecule has 22 heavy (non-hydrogen) atoms. The third kappa shape index (κ3) is 4.38. The van der Waals surface area contributed by atoms with E-state index in [1.165, 1.54) is 0 Å². The summed E-state index contributed by atoms with van der Waals surface area (Å²) in [7, 11) is -10.4. The lowest BCUT2D eigenvalue weighted by Crippen LogP contribution is -2.49. The minimum absolute atomic E-state index is 0.203. The smallest absolute Gasteiger partial charge is 0.343 e. The van der Waals surface area contributed by atoms with Gasteiger partial charge in [-0.3, -0.25) is 18.7 Å². The van der Waals surface area contributed by atoms with Gasteiger partial charge in [-0.25, -0.2) is 0 Å². The van der Waals surface area contributed by atoms with Crippen molar-refractivity contribution < 1.29 is 48.5 Å². The van der Waals surface area contributed by atoms with Gasteiger partial charge in [0.15, 0.2) is 5.16 Å². The highest BCUT2D eigenvalue weighted by Gasteiger charge is 2.62. The summed E-state index contributed by atoms with van der Waals surface area (Å²) in [6.45, 7) is 2.33. The normalized spacial score (nSPS) is 18.3. The molecule has 3 unspecified atom stereocenters. The summed E-state index contributed by atoms with van der Waals surface area (Å²) in [6.07, 6.45) is -1.13. The summed E-state index contributed by atoms with van der Waals surface area (Å²) in [6, 6.07) is 0. The molecule has 0 aromatic rings. The third-order valence-corrected chi connectivity index (χ3v) is 6.81. The zero-order valence-corrected chi connectivity index (χ0v) is 13.8. The van der Waals surface area contributed by atoms with Crippen molar-refractivity contribution >= 4 is 27.1 Å². The Morgan fingerprint density at radius 2 is 1.55 bits per heavy atom. The van der Waals surface area contributed by atoms with E-state index in [-0.39, 0.29) is 12.8 Å². The quantitative estimate of drug-likeness (QED) is 0.314. The first-order chi connectivity index (χ1) is 9.71. The highest BCUT2D eigenvalue weighted by molar-refractivity contribution is 7.55. The van der Waals surface area contributed by atoms with Gasteiger partial charge in [-0.15, -0.1) is 0 Å². The predicted octanol–water partition coefficient (Wildman–Crippen LogP) is 0.445. The van der Waals surface area contributed by atoms with Crippen LogP contribution in [0, 0.1) is 5.92 Å². The van der Waals surface area contributed by atoms with Crippen molar-refractivity contribution in [3.8, 4) is 0 Å². The number of carboxylic acid groups (broad SMARTS) is 2. The van der Waals surface area contributed by atoms with Gasteiger partial charge in [0.2, 0.25) is 0 Å². The maximum atomic E-state index is 11.7. The second-order valence-corrected chi connectivity index (χ2v) is 8.86. The van der Waals surface area contributed by atoms with Crippen molar-refractivity contribution in [3.05, 3.63) is 0 Å². The lowest BCUT2D eigenvalue weighted by molar-refractivity contribution is -0.152. The van der Waals surface area contributed by atoms with Crippen LogP contribution in [0.2, 0.25) is 0 Å². The molecule has 12 heteroatoms. The largest absolute Gasteiger partial charge is 0.481 e. The molecule has 3 atom stereocenters. The molecule has 0 rings (SSSR count). The summed E-state index contributed by atoms with van der Waals surface area (Å²) < 4.78 is 23.1. The molecule has 6 N–H and O–H groups in total. The fourth-order valence-electron chi connectivity index (χ4n) is 2.23. The molecule has 0 heterocycles. The molecule has 0 aliphatic carbocycles. The zero-order chi connectivity index (χ0) is 17.9. The summed E-state index contributed by atoms with van der Waals surface area (Å²) in [5.41, 5.74) is -1.66. The van der Waals surface area contributed by atoms with Gasteiger partial charge in [-0.2, -0.15) is 0 Å². The van der Waals surface area contributed by atoms with E-state index in [0.29, 0.717) is 0 Å². The highest BCUT2D eigenvalue weighted by Crippen LogP contribution is 2.61. The molecule has 0 amide bonds. The van der Waals surface area contributed by atoms with Crippen molar-refractivity contribution in [2.75, 3.05) is 0 Å². The Hall–Kier alpha value is -0.760. The molecule has 0 aromatic carbocycles. The number of hydrogen-bond acceptors (Lipinski definition) is 4. The van der Waals surface area contributed by atoms with Crippen LogP contribution in [0.25, 0.3) is 0 Å². The minimum atomic E-state index is -5.54. The first-order valence-electron chi connectivity index (χ1n) is 6.28. The first-order valence-corrected chi connectivity index (χ1v) is 9.58. The first kappa shape index (κ1) is 21.2. The van der Waals surface area contributed by atoms with Crippen molar-refractivity contribution in [1.82, 2.24) is 0 Å². The van der Waals surface area contributed by atoms with Crippen LogP contribution in [0.1, 0.15) is 33.1 Å². The van der Waals surface area contributed by atoms with Crippen molar-refractivity contribution in [2.45, 2.75) is 43.9 Å². The average molecular weight is 362 g/mol. The molecular formula is C10H20O10P2. The molecule has 0 aliphatic rings. The molecule has 10 nitrogen and oxygen atoms in total. The Morgan fingerprint density at radius 3 is 1.77 bits per heavy atom. The van der Waals surface area contributed by atoms with Gasteiger partial charge in [-0.1, -0.05) is 20.3 Å². The van der Waals surface area contributed by atoms with E-state index in [2.05, 4.69) is 0 Å². The van der Waals surface area contributed by atoms with E-state index in [1.807, 2.05) is 0 Å². The van der Waals surface area contributed by atoms with Gasteiger partial charge < -0.3 is 29.8 Å². The molecule has 0 aromatic heterocycles. The molecule has 130 valence electrons. The van der Waals surface area contributed by atoms with Gasteiger partial charge in [-0.05, 0) is 12.8 Å². The number of aliphatic carboxylic acids is 2. The van der Waals surface area contributed by atoms with Crippen molar-refractivity contribution in [3.63, 3.8) is 0 Å². The molecule has 0 radical (unpaired) electrons. The summed E-state index contributed by atoms with van der Waals surface area (Å²) >= 11 is 0. The van der Waals surface area contributed by atoms with E-state index in [9.17, 15) is 43.4 Å². The molecular weight excluding hydrogens is 342 g/mol. The van der Waals surface area contributed by atoms with Crippen molar-refractivity contribution in [2.24, 2.45) is 5.92 Å². The molecule has 0 bridgehead atoms. The van der Waals surface area contributed by atoms with E-state index in [0.717, 1.165) is 6.92 Å².